The standard InChI is InChI=1S/C24H33NO6/c1-19(25(13-15-26,14-16-27)24(28)29)17-30-20(2)18-31-23(21-9-5-3-6-10-21)22-11-7-4-8-12-22/h3-12,19-20,23,26-27H,13-18H2,1-2H3/p+1. The summed E-state index contributed by atoms with van der Waals surface area (Å²) in [5.74, 6) is 0. The average molecular weight is 433 g/mol. The molecule has 0 saturated carbocycles. The fraction of sp³-hybridized carbons (Fsp3) is 0.458. The minimum atomic E-state index is -1.09. The van der Waals surface area contributed by atoms with E-state index in [0.717, 1.165) is 11.1 Å². The van der Waals surface area contributed by atoms with Crippen molar-refractivity contribution in [1.29, 1.82) is 0 Å². The molecule has 0 radical (unpaired) electrons. The van der Waals surface area contributed by atoms with Crippen molar-refractivity contribution in [2.75, 3.05) is 39.5 Å². The summed E-state index contributed by atoms with van der Waals surface area (Å²) in [5, 5.41) is 28.4. The van der Waals surface area contributed by atoms with Crippen molar-refractivity contribution in [2.24, 2.45) is 0 Å². The van der Waals surface area contributed by atoms with E-state index in [2.05, 4.69) is 0 Å². The van der Waals surface area contributed by atoms with Gasteiger partial charge in [-0.2, -0.15) is 4.79 Å². The zero-order valence-electron chi connectivity index (χ0n) is 18.3. The van der Waals surface area contributed by atoms with Crippen molar-refractivity contribution in [3.63, 3.8) is 0 Å². The molecule has 0 bridgehead atoms. The number of aliphatic hydroxyl groups is 2. The van der Waals surface area contributed by atoms with Gasteiger partial charge in [0, 0.05) is 0 Å². The van der Waals surface area contributed by atoms with Gasteiger partial charge in [0.15, 0.2) is 0 Å². The van der Waals surface area contributed by atoms with Crippen molar-refractivity contribution >= 4 is 6.09 Å². The van der Waals surface area contributed by atoms with E-state index in [9.17, 15) is 20.1 Å². The fourth-order valence-corrected chi connectivity index (χ4v) is 3.66. The Bertz CT molecular complexity index is 725. The Labute approximate surface area is 184 Å². The minimum absolute atomic E-state index is 0.00931. The zero-order valence-corrected chi connectivity index (χ0v) is 18.3. The first-order chi connectivity index (χ1) is 14.9. The third-order valence-corrected chi connectivity index (χ3v) is 5.55. The second-order valence-electron chi connectivity index (χ2n) is 7.74. The third kappa shape index (κ3) is 6.85. The Morgan fingerprint density at radius 1 is 0.839 bits per heavy atom. The van der Waals surface area contributed by atoms with E-state index in [1.54, 1.807) is 6.92 Å². The van der Waals surface area contributed by atoms with Gasteiger partial charge in [0.2, 0.25) is 0 Å². The lowest BCUT2D eigenvalue weighted by atomic mass is 10.0. The van der Waals surface area contributed by atoms with Gasteiger partial charge in [0.05, 0.1) is 32.5 Å². The third-order valence-electron chi connectivity index (χ3n) is 5.55. The van der Waals surface area contributed by atoms with E-state index < -0.39 is 16.6 Å². The summed E-state index contributed by atoms with van der Waals surface area (Å²) in [6.07, 6.45) is -1.59. The molecule has 0 heterocycles. The molecule has 2 atom stereocenters. The van der Waals surface area contributed by atoms with Crippen LogP contribution in [0.15, 0.2) is 60.7 Å². The van der Waals surface area contributed by atoms with Crippen LogP contribution in [0.3, 0.4) is 0 Å². The van der Waals surface area contributed by atoms with Crippen LogP contribution in [0.4, 0.5) is 4.79 Å². The molecule has 0 aliphatic rings. The Hall–Kier alpha value is -2.29. The second-order valence-corrected chi connectivity index (χ2v) is 7.74. The summed E-state index contributed by atoms with van der Waals surface area (Å²) in [4.78, 5) is 11.9. The average Bonchev–Trinajstić information content (AvgIpc) is 2.78. The molecule has 0 saturated heterocycles. The number of hydrogen-bond acceptors (Lipinski definition) is 5. The predicted molar refractivity (Wildman–Crippen MR) is 118 cm³/mol. The van der Waals surface area contributed by atoms with Crippen molar-refractivity contribution in [2.45, 2.75) is 32.1 Å². The van der Waals surface area contributed by atoms with Crippen molar-refractivity contribution < 1.29 is 34.1 Å². The first-order valence-electron chi connectivity index (χ1n) is 10.6. The molecule has 3 N–H and O–H groups in total. The number of ether oxygens (including phenoxy) is 2. The molecule has 2 unspecified atom stereocenters. The monoisotopic (exact) mass is 432 g/mol. The molecular weight excluding hydrogens is 398 g/mol. The van der Waals surface area contributed by atoms with Crippen LogP contribution in [-0.2, 0) is 9.47 Å². The Kier molecular flexibility index (Phi) is 10.1. The van der Waals surface area contributed by atoms with E-state index in [1.165, 1.54) is 0 Å². The number of hydrogen-bond donors (Lipinski definition) is 3. The maximum Gasteiger partial charge on any atom is 0.513 e. The molecule has 31 heavy (non-hydrogen) atoms. The van der Waals surface area contributed by atoms with Crippen LogP contribution in [-0.4, -0.2) is 77.6 Å². The van der Waals surface area contributed by atoms with Crippen molar-refractivity contribution in [1.82, 2.24) is 0 Å². The van der Waals surface area contributed by atoms with Crippen LogP contribution >= 0.6 is 0 Å². The summed E-state index contributed by atoms with van der Waals surface area (Å²) in [6.45, 7) is 3.57. The quantitative estimate of drug-likeness (QED) is 0.421. The number of benzene rings is 2. The van der Waals surface area contributed by atoms with Gasteiger partial charge in [-0.1, -0.05) is 60.7 Å². The molecule has 0 aromatic heterocycles. The van der Waals surface area contributed by atoms with Crippen LogP contribution in [0.5, 0.6) is 0 Å². The number of rotatable bonds is 13. The second kappa shape index (κ2) is 12.5. The van der Waals surface area contributed by atoms with Crippen LogP contribution in [0.25, 0.3) is 0 Å². The van der Waals surface area contributed by atoms with E-state index in [4.69, 9.17) is 9.47 Å². The molecule has 0 aliphatic carbocycles. The Morgan fingerprint density at radius 3 is 1.74 bits per heavy atom. The molecule has 1 amide bonds. The van der Waals surface area contributed by atoms with Crippen molar-refractivity contribution in [3.8, 4) is 0 Å². The maximum absolute atomic E-state index is 11.9. The summed E-state index contributed by atoms with van der Waals surface area (Å²) >= 11 is 0. The van der Waals surface area contributed by atoms with Crippen LogP contribution < -0.4 is 0 Å². The Morgan fingerprint density at radius 2 is 1.32 bits per heavy atom. The highest BCUT2D eigenvalue weighted by Gasteiger charge is 2.41. The molecule has 7 nitrogen and oxygen atoms in total. The number of nitrogens with zero attached hydrogens (tertiary/aromatic N) is 1. The van der Waals surface area contributed by atoms with E-state index in [-0.39, 0.29) is 45.1 Å². The van der Waals surface area contributed by atoms with Gasteiger partial charge in [0.1, 0.15) is 25.2 Å². The first kappa shape index (κ1) is 25.0. The topological polar surface area (TPSA) is 96.2 Å². The highest BCUT2D eigenvalue weighted by molar-refractivity contribution is 5.57. The number of carboxylic acid groups (broad SMARTS) is 1. The molecule has 2 aromatic carbocycles. The molecular formula is C24H34NO6+. The molecule has 2 rings (SSSR count). The number of quaternary nitrogens is 1. The van der Waals surface area contributed by atoms with Gasteiger partial charge in [0.25, 0.3) is 0 Å². The lowest BCUT2D eigenvalue weighted by Crippen LogP contribution is -2.62. The largest absolute Gasteiger partial charge is 0.513 e. The normalized spacial score (nSPS) is 13.8. The lowest BCUT2D eigenvalue weighted by Gasteiger charge is -2.37. The van der Waals surface area contributed by atoms with Gasteiger partial charge in [-0.05, 0) is 25.0 Å². The fourth-order valence-electron chi connectivity index (χ4n) is 3.66. The smallest absolute Gasteiger partial charge is 0.435 e. The maximum atomic E-state index is 11.9. The van der Waals surface area contributed by atoms with Crippen LogP contribution in [0, 0.1) is 0 Å². The summed E-state index contributed by atoms with van der Waals surface area (Å²) in [5.41, 5.74) is 2.09. The molecule has 170 valence electrons. The van der Waals surface area contributed by atoms with Gasteiger partial charge in [-0.15, -0.1) is 0 Å². The first-order valence-corrected chi connectivity index (χ1v) is 10.6. The molecule has 0 spiro atoms. The zero-order chi connectivity index (χ0) is 22.7. The molecule has 2 aromatic rings. The van der Waals surface area contributed by atoms with Gasteiger partial charge < -0.3 is 24.8 Å². The number of aliphatic hydroxyl groups excluding tert-OH is 2. The summed E-state index contributed by atoms with van der Waals surface area (Å²) in [7, 11) is 0. The molecule has 0 fully saturated rings. The number of carbonyl (C=O) groups is 1. The van der Waals surface area contributed by atoms with Crippen LogP contribution in [0.2, 0.25) is 0 Å². The van der Waals surface area contributed by atoms with Gasteiger partial charge in [-0.25, -0.2) is 4.48 Å². The van der Waals surface area contributed by atoms with Crippen molar-refractivity contribution in [3.05, 3.63) is 71.8 Å². The minimum Gasteiger partial charge on any atom is -0.435 e. The Balaban J connectivity index is 2.00. The molecule has 7 heteroatoms. The van der Waals surface area contributed by atoms with E-state index in [0.29, 0.717) is 6.61 Å². The lowest BCUT2D eigenvalue weighted by molar-refractivity contribution is -0.882. The highest BCUT2D eigenvalue weighted by atomic mass is 16.5. The van der Waals surface area contributed by atoms with E-state index in [1.807, 2.05) is 67.6 Å². The summed E-state index contributed by atoms with van der Waals surface area (Å²) < 4.78 is 11.7. The highest BCUT2D eigenvalue weighted by Crippen LogP contribution is 2.26. The van der Waals surface area contributed by atoms with E-state index >= 15 is 0 Å². The van der Waals surface area contributed by atoms with Crippen LogP contribution in [0.1, 0.15) is 31.1 Å². The SMILES string of the molecule is CC(COC(c1ccccc1)c1ccccc1)OCC(C)[N+](CCO)(CCO)C(=O)O. The summed E-state index contributed by atoms with van der Waals surface area (Å²) in [6, 6.07) is 19.5. The molecule has 0 aliphatic heterocycles. The van der Waals surface area contributed by atoms with Gasteiger partial charge >= 0.3 is 6.09 Å². The number of amides is 1. The predicted octanol–water partition coefficient (Wildman–Crippen LogP) is 3.07. The van der Waals surface area contributed by atoms with Gasteiger partial charge in [-0.3, -0.25) is 0 Å².